The molecule has 2 N–H and O–H groups in total. The Hall–Kier alpha value is -3.51. The number of nitrogens with zero attached hydrogens (tertiary/aromatic N) is 2. The van der Waals surface area contributed by atoms with E-state index < -0.39 is 0 Å². The lowest BCUT2D eigenvalue weighted by Gasteiger charge is -2.10. The Kier molecular flexibility index (Phi) is 5.86. The molecule has 4 rings (SSSR count). The van der Waals surface area contributed by atoms with Crippen molar-refractivity contribution < 1.29 is 4.79 Å². The number of amides is 1. The van der Waals surface area contributed by atoms with Crippen molar-refractivity contribution in [3.05, 3.63) is 101 Å². The van der Waals surface area contributed by atoms with E-state index in [1.165, 1.54) is 0 Å². The van der Waals surface area contributed by atoms with Crippen molar-refractivity contribution in [1.29, 1.82) is 0 Å². The highest BCUT2D eigenvalue weighted by molar-refractivity contribution is 9.10. The standard InChI is InChI=1S/C24H19BrN4O/c1-16-4-2-5-17(14-16)23-26-13-12-22(29-23)27-21-7-3-6-18(15-21)24(30)28-20-10-8-19(25)9-11-20/h2-15H,1H3,(H,28,30)(H,26,27,29). The molecule has 1 aromatic heterocycles. The Morgan fingerprint density at radius 1 is 0.900 bits per heavy atom. The molecule has 5 nitrogen and oxygen atoms in total. The number of aryl methyl sites for hydroxylation is 1. The van der Waals surface area contributed by atoms with Crippen LogP contribution in [0, 0.1) is 6.92 Å². The van der Waals surface area contributed by atoms with Crippen LogP contribution in [-0.2, 0) is 0 Å². The van der Waals surface area contributed by atoms with E-state index in [4.69, 9.17) is 0 Å². The van der Waals surface area contributed by atoms with Gasteiger partial charge in [0.15, 0.2) is 5.82 Å². The summed E-state index contributed by atoms with van der Waals surface area (Å²) in [6, 6.07) is 24.6. The van der Waals surface area contributed by atoms with Gasteiger partial charge in [-0.3, -0.25) is 4.79 Å². The van der Waals surface area contributed by atoms with Crippen LogP contribution in [0.25, 0.3) is 11.4 Å². The number of rotatable bonds is 5. The summed E-state index contributed by atoms with van der Waals surface area (Å²) in [5, 5.41) is 6.16. The van der Waals surface area contributed by atoms with E-state index in [-0.39, 0.29) is 5.91 Å². The van der Waals surface area contributed by atoms with E-state index in [1.54, 1.807) is 24.4 Å². The zero-order chi connectivity index (χ0) is 20.9. The molecule has 0 atom stereocenters. The summed E-state index contributed by atoms with van der Waals surface area (Å²) in [4.78, 5) is 21.6. The van der Waals surface area contributed by atoms with Gasteiger partial charge in [-0.25, -0.2) is 9.97 Å². The highest BCUT2D eigenvalue weighted by Gasteiger charge is 2.08. The quantitative estimate of drug-likeness (QED) is 0.372. The number of benzene rings is 3. The number of nitrogens with one attached hydrogen (secondary N) is 2. The molecule has 0 fully saturated rings. The van der Waals surface area contributed by atoms with E-state index in [0.29, 0.717) is 17.2 Å². The van der Waals surface area contributed by atoms with E-state index in [9.17, 15) is 4.79 Å². The van der Waals surface area contributed by atoms with E-state index in [1.807, 2.05) is 67.6 Å². The number of hydrogen-bond acceptors (Lipinski definition) is 4. The molecular formula is C24H19BrN4O. The van der Waals surface area contributed by atoms with Crippen LogP contribution in [0.2, 0.25) is 0 Å². The van der Waals surface area contributed by atoms with Gasteiger partial charge in [0, 0.05) is 33.2 Å². The molecule has 3 aromatic carbocycles. The number of carbonyl (C=O) groups is 1. The summed E-state index contributed by atoms with van der Waals surface area (Å²) in [5.74, 6) is 1.13. The van der Waals surface area contributed by atoms with Gasteiger partial charge in [-0.2, -0.15) is 0 Å². The second-order valence-corrected chi connectivity index (χ2v) is 7.72. The summed E-state index contributed by atoms with van der Waals surface area (Å²) >= 11 is 3.39. The lowest BCUT2D eigenvalue weighted by molar-refractivity contribution is 0.102. The average molecular weight is 459 g/mol. The zero-order valence-electron chi connectivity index (χ0n) is 16.3. The van der Waals surface area contributed by atoms with Crippen molar-refractivity contribution in [3.63, 3.8) is 0 Å². The monoisotopic (exact) mass is 458 g/mol. The van der Waals surface area contributed by atoms with E-state index >= 15 is 0 Å². The summed E-state index contributed by atoms with van der Waals surface area (Å²) in [6.07, 6.45) is 1.72. The van der Waals surface area contributed by atoms with E-state index in [0.717, 1.165) is 27.0 Å². The van der Waals surface area contributed by atoms with Gasteiger partial charge in [0.1, 0.15) is 5.82 Å². The van der Waals surface area contributed by atoms with Crippen molar-refractivity contribution in [2.24, 2.45) is 0 Å². The van der Waals surface area contributed by atoms with Crippen molar-refractivity contribution in [2.45, 2.75) is 6.92 Å². The molecule has 0 aliphatic rings. The maximum Gasteiger partial charge on any atom is 0.255 e. The molecular weight excluding hydrogens is 440 g/mol. The first kappa shape index (κ1) is 19.8. The second kappa shape index (κ2) is 8.88. The van der Waals surface area contributed by atoms with Gasteiger partial charge in [0.25, 0.3) is 5.91 Å². The van der Waals surface area contributed by atoms with Gasteiger partial charge in [-0.1, -0.05) is 45.8 Å². The predicted molar refractivity (Wildman–Crippen MR) is 124 cm³/mol. The fourth-order valence-corrected chi connectivity index (χ4v) is 3.24. The number of carbonyl (C=O) groups excluding carboxylic acids is 1. The normalized spacial score (nSPS) is 10.5. The number of hydrogen-bond donors (Lipinski definition) is 2. The van der Waals surface area contributed by atoms with Crippen molar-refractivity contribution in [3.8, 4) is 11.4 Å². The fourth-order valence-electron chi connectivity index (χ4n) is 2.97. The van der Waals surface area contributed by atoms with Crippen LogP contribution < -0.4 is 10.6 Å². The lowest BCUT2D eigenvalue weighted by atomic mass is 10.1. The molecule has 30 heavy (non-hydrogen) atoms. The number of anilines is 3. The Bertz CT molecular complexity index is 1190. The van der Waals surface area contributed by atoms with Crippen LogP contribution >= 0.6 is 15.9 Å². The third kappa shape index (κ3) is 4.90. The van der Waals surface area contributed by atoms with Crippen molar-refractivity contribution >= 4 is 39.0 Å². The first-order valence-corrected chi connectivity index (χ1v) is 10.2. The Labute approximate surface area is 183 Å². The van der Waals surface area contributed by atoms with Crippen molar-refractivity contribution in [2.75, 3.05) is 10.6 Å². The topological polar surface area (TPSA) is 66.9 Å². The molecule has 6 heteroatoms. The fraction of sp³-hybridized carbons (Fsp3) is 0.0417. The van der Waals surface area contributed by atoms with Crippen LogP contribution in [-0.4, -0.2) is 15.9 Å². The van der Waals surface area contributed by atoms with E-state index in [2.05, 4.69) is 36.5 Å². The molecule has 0 radical (unpaired) electrons. The third-order valence-electron chi connectivity index (χ3n) is 4.43. The molecule has 0 saturated heterocycles. The van der Waals surface area contributed by atoms with Gasteiger partial charge in [-0.15, -0.1) is 0 Å². The summed E-state index contributed by atoms with van der Waals surface area (Å²) < 4.78 is 0.960. The highest BCUT2D eigenvalue weighted by Crippen LogP contribution is 2.21. The van der Waals surface area contributed by atoms with Gasteiger partial charge in [0.05, 0.1) is 0 Å². The molecule has 0 bridgehead atoms. The molecule has 0 spiro atoms. The molecule has 1 amide bonds. The lowest BCUT2D eigenvalue weighted by Crippen LogP contribution is -2.12. The first-order chi connectivity index (χ1) is 14.6. The Morgan fingerprint density at radius 2 is 1.70 bits per heavy atom. The van der Waals surface area contributed by atoms with Gasteiger partial charge >= 0.3 is 0 Å². The highest BCUT2D eigenvalue weighted by atomic mass is 79.9. The molecule has 148 valence electrons. The minimum atomic E-state index is -0.177. The molecule has 0 saturated carbocycles. The number of halogens is 1. The van der Waals surface area contributed by atoms with Crippen LogP contribution in [0.4, 0.5) is 17.2 Å². The van der Waals surface area contributed by atoms with Crippen LogP contribution in [0.3, 0.4) is 0 Å². The van der Waals surface area contributed by atoms with Crippen molar-refractivity contribution in [1.82, 2.24) is 9.97 Å². The molecule has 0 aliphatic carbocycles. The van der Waals surface area contributed by atoms with Crippen LogP contribution in [0.15, 0.2) is 89.5 Å². The molecule has 4 aromatic rings. The minimum Gasteiger partial charge on any atom is -0.340 e. The summed E-state index contributed by atoms with van der Waals surface area (Å²) in [5.41, 5.74) is 4.17. The van der Waals surface area contributed by atoms with Crippen LogP contribution in [0.5, 0.6) is 0 Å². The SMILES string of the molecule is Cc1cccc(-c2nccc(Nc3cccc(C(=O)Nc4ccc(Br)cc4)c3)n2)c1. The first-order valence-electron chi connectivity index (χ1n) is 9.41. The smallest absolute Gasteiger partial charge is 0.255 e. The second-order valence-electron chi connectivity index (χ2n) is 6.80. The third-order valence-corrected chi connectivity index (χ3v) is 4.96. The Morgan fingerprint density at radius 3 is 2.50 bits per heavy atom. The largest absolute Gasteiger partial charge is 0.340 e. The zero-order valence-corrected chi connectivity index (χ0v) is 17.8. The predicted octanol–water partition coefficient (Wildman–Crippen LogP) is 6.21. The van der Waals surface area contributed by atoms with Gasteiger partial charge in [0.2, 0.25) is 0 Å². The Balaban J connectivity index is 1.51. The number of aromatic nitrogens is 2. The average Bonchev–Trinajstić information content (AvgIpc) is 2.76. The summed E-state index contributed by atoms with van der Waals surface area (Å²) in [7, 11) is 0. The van der Waals surface area contributed by atoms with Gasteiger partial charge < -0.3 is 10.6 Å². The molecule has 0 aliphatic heterocycles. The summed E-state index contributed by atoms with van der Waals surface area (Å²) in [6.45, 7) is 2.04. The minimum absolute atomic E-state index is 0.177. The molecule has 1 heterocycles. The maximum absolute atomic E-state index is 12.6. The maximum atomic E-state index is 12.6. The molecule has 0 unspecified atom stereocenters. The van der Waals surface area contributed by atoms with Crippen LogP contribution in [0.1, 0.15) is 15.9 Å². The van der Waals surface area contributed by atoms with Gasteiger partial charge in [-0.05, 0) is 61.5 Å².